The van der Waals surface area contributed by atoms with E-state index in [1.165, 1.54) is 96.3 Å². The number of ether oxygens (including phenoxy) is 5. The van der Waals surface area contributed by atoms with Crippen molar-refractivity contribution in [3.63, 3.8) is 0 Å². The monoisotopic (exact) mass is 672 g/mol. The number of unbranched alkanes of at least 4 members (excludes halogenated alkanes) is 15. The number of hydrogen-bond acceptors (Lipinski definition) is 5. The molecule has 0 amide bonds. The SMILES string of the molecule is CCCCCCCCCCCCCCCCCCO[C@@H]1[C@@H](OC)[C@@H](OC)O[C@@H]1COC(c1ccccc1)(c1ccccc1)c1ccccc1. The first-order chi connectivity index (χ1) is 24.2. The van der Waals surface area contributed by atoms with Crippen LogP contribution in [-0.4, -0.2) is 52.0 Å². The van der Waals surface area contributed by atoms with Crippen molar-refractivity contribution < 1.29 is 23.7 Å². The second kappa shape index (κ2) is 23.0. The normalized spacial score (nSPS) is 19.4. The van der Waals surface area contributed by atoms with Crippen LogP contribution in [0.5, 0.6) is 0 Å². The van der Waals surface area contributed by atoms with Crippen LogP contribution in [0.15, 0.2) is 91.0 Å². The van der Waals surface area contributed by atoms with E-state index in [-0.39, 0.29) is 18.3 Å². The van der Waals surface area contributed by atoms with Crippen molar-refractivity contribution in [2.75, 3.05) is 27.4 Å². The Kier molecular flexibility index (Phi) is 18.5. The zero-order chi connectivity index (χ0) is 34.4. The van der Waals surface area contributed by atoms with Gasteiger partial charge in [-0.25, -0.2) is 0 Å². The molecular weight excluding hydrogens is 608 g/mol. The maximum atomic E-state index is 7.11. The van der Waals surface area contributed by atoms with Gasteiger partial charge >= 0.3 is 0 Å². The molecule has 1 heterocycles. The minimum atomic E-state index is -0.834. The molecule has 0 aromatic heterocycles. The van der Waals surface area contributed by atoms with Crippen LogP contribution in [0.3, 0.4) is 0 Å². The number of benzene rings is 3. The quantitative estimate of drug-likeness (QED) is 0.0627. The van der Waals surface area contributed by atoms with Gasteiger partial charge in [-0.05, 0) is 23.1 Å². The highest BCUT2D eigenvalue weighted by molar-refractivity contribution is 5.47. The Morgan fingerprint density at radius 1 is 0.510 bits per heavy atom. The van der Waals surface area contributed by atoms with Crippen LogP contribution in [0.2, 0.25) is 0 Å². The molecule has 1 aliphatic heterocycles. The van der Waals surface area contributed by atoms with E-state index >= 15 is 0 Å². The zero-order valence-electron chi connectivity index (χ0n) is 30.7. The molecular formula is C44H64O5. The Morgan fingerprint density at radius 3 is 1.31 bits per heavy atom. The molecule has 3 aromatic carbocycles. The molecule has 1 aliphatic rings. The largest absolute Gasteiger partial charge is 0.373 e. The highest BCUT2D eigenvalue weighted by Crippen LogP contribution is 2.41. The molecule has 5 nitrogen and oxygen atoms in total. The maximum absolute atomic E-state index is 7.11. The lowest BCUT2D eigenvalue weighted by molar-refractivity contribution is -0.166. The van der Waals surface area contributed by atoms with Crippen LogP contribution in [0.25, 0.3) is 0 Å². The van der Waals surface area contributed by atoms with Gasteiger partial charge in [-0.2, -0.15) is 0 Å². The first-order valence-corrected chi connectivity index (χ1v) is 19.4. The van der Waals surface area contributed by atoms with Gasteiger partial charge in [0.05, 0.1) is 6.61 Å². The van der Waals surface area contributed by atoms with Crippen LogP contribution >= 0.6 is 0 Å². The second-order valence-corrected chi connectivity index (χ2v) is 13.7. The van der Waals surface area contributed by atoms with Gasteiger partial charge in [0.25, 0.3) is 0 Å². The van der Waals surface area contributed by atoms with Crippen LogP contribution in [-0.2, 0) is 29.3 Å². The summed E-state index contributed by atoms with van der Waals surface area (Å²) in [5.41, 5.74) is 2.34. The molecule has 0 spiro atoms. The Balaban J connectivity index is 1.26. The van der Waals surface area contributed by atoms with Crippen LogP contribution in [0, 0.1) is 0 Å². The molecule has 4 atom stereocenters. The third-order valence-corrected chi connectivity index (χ3v) is 10.1. The Bertz CT molecular complexity index is 1120. The predicted octanol–water partition coefficient (Wildman–Crippen LogP) is 11.0. The van der Waals surface area contributed by atoms with Gasteiger partial charge in [0.1, 0.15) is 23.9 Å². The van der Waals surface area contributed by atoms with Crippen LogP contribution < -0.4 is 0 Å². The summed E-state index contributed by atoms with van der Waals surface area (Å²) < 4.78 is 31.7. The van der Waals surface area contributed by atoms with E-state index in [1.54, 1.807) is 14.2 Å². The van der Waals surface area contributed by atoms with Gasteiger partial charge in [0.15, 0.2) is 6.29 Å². The lowest BCUT2D eigenvalue weighted by Gasteiger charge is -2.37. The van der Waals surface area contributed by atoms with Gasteiger partial charge in [-0.3, -0.25) is 0 Å². The molecule has 0 aliphatic carbocycles. The van der Waals surface area contributed by atoms with E-state index in [0.717, 1.165) is 23.1 Å². The molecule has 0 bridgehead atoms. The molecule has 0 N–H and O–H groups in total. The molecule has 270 valence electrons. The summed E-state index contributed by atoms with van der Waals surface area (Å²) in [5.74, 6) is 0. The van der Waals surface area contributed by atoms with Crippen molar-refractivity contribution in [2.45, 2.75) is 140 Å². The van der Waals surface area contributed by atoms with Crippen LogP contribution in [0.4, 0.5) is 0 Å². The highest BCUT2D eigenvalue weighted by atomic mass is 16.7. The van der Waals surface area contributed by atoms with Crippen molar-refractivity contribution in [1.82, 2.24) is 0 Å². The van der Waals surface area contributed by atoms with Crippen molar-refractivity contribution >= 4 is 0 Å². The van der Waals surface area contributed by atoms with Crippen molar-refractivity contribution in [2.24, 2.45) is 0 Å². The van der Waals surface area contributed by atoms with E-state index in [1.807, 2.05) is 18.2 Å². The van der Waals surface area contributed by atoms with Gasteiger partial charge in [0, 0.05) is 20.8 Å². The fraction of sp³-hybridized carbons (Fsp3) is 0.591. The van der Waals surface area contributed by atoms with E-state index in [0.29, 0.717) is 13.2 Å². The maximum Gasteiger partial charge on any atom is 0.186 e. The summed E-state index contributed by atoms with van der Waals surface area (Å²) in [6.07, 6.45) is 20.1. The fourth-order valence-electron chi connectivity index (χ4n) is 7.31. The predicted molar refractivity (Wildman–Crippen MR) is 201 cm³/mol. The highest BCUT2D eigenvalue weighted by Gasteiger charge is 2.48. The first kappa shape index (κ1) is 39.2. The van der Waals surface area contributed by atoms with Crippen molar-refractivity contribution in [1.29, 1.82) is 0 Å². The fourth-order valence-corrected chi connectivity index (χ4v) is 7.31. The lowest BCUT2D eigenvalue weighted by atomic mass is 9.80. The average molecular weight is 673 g/mol. The summed E-state index contributed by atoms with van der Waals surface area (Å²) in [6, 6.07) is 31.3. The van der Waals surface area contributed by atoms with Crippen molar-refractivity contribution in [3.8, 4) is 0 Å². The first-order valence-electron chi connectivity index (χ1n) is 19.4. The molecule has 1 saturated heterocycles. The van der Waals surface area contributed by atoms with E-state index in [9.17, 15) is 0 Å². The molecule has 0 saturated carbocycles. The minimum Gasteiger partial charge on any atom is -0.373 e. The topological polar surface area (TPSA) is 46.2 Å². The van der Waals surface area contributed by atoms with Crippen LogP contribution in [0.1, 0.15) is 126 Å². The zero-order valence-corrected chi connectivity index (χ0v) is 30.7. The second-order valence-electron chi connectivity index (χ2n) is 13.7. The average Bonchev–Trinajstić information content (AvgIpc) is 3.50. The van der Waals surface area contributed by atoms with Gasteiger partial charge in [-0.15, -0.1) is 0 Å². The number of rotatable bonds is 26. The van der Waals surface area contributed by atoms with Gasteiger partial charge < -0.3 is 23.7 Å². The summed E-state index contributed by atoms with van der Waals surface area (Å²) in [4.78, 5) is 0. The molecule has 0 radical (unpaired) electrons. The summed E-state index contributed by atoms with van der Waals surface area (Å²) >= 11 is 0. The third kappa shape index (κ3) is 12.0. The third-order valence-electron chi connectivity index (χ3n) is 10.1. The molecule has 1 fully saturated rings. The summed E-state index contributed by atoms with van der Waals surface area (Å²) in [5, 5.41) is 0. The Hall–Kier alpha value is -2.54. The molecule has 0 unspecified atom stereocenters. The number of hydrogen-bond donors (Lipinski definition) is 0. The smallest absolute Gasteiger partial charge is 0.186 e. The minimum absolute atomic E-state index is 0.300. The number of methoxy groups -OCH3 is 2. The van der Waals surface area contributed by atoms with Gasteiger partial charge in [-0.1, -0.05) is 194 Å². The summed E-state index contributed by atoms with van der Waals surface area (Å²) in [6.45, 7) is 3.26. The molecule has 49 heavy (non-hydrogen) atoms. The molecule has 4 rings (SSSR count). The van der Waals surface area contributed by atoms with E-state index in [2.05, 4.69) is 79.7 Å². The molecule has 3 aromatic rings. The van der Waals surface area contributed by atoms with Gasteiger partial charge in [0.2, 0.25) is 0 Å². The Labute approximate surface area is 298 Å². The lowest BCUT2D eigenvalue weighted by Crippen LogP contribution is -2.41. The van der Waals surface area contributed by atoms with E-state index in [4.69, 9.17) is 23.7 Å². The molecule has 5 heteroatoms. The van der Waals surface area contributed by atoms with Crippen molar-refractivity contribution in [3.05, 3.63) is 108 Å². The van der Waals surface area contributed by atoms with E-state index < -0.39 is 11.9 Å². The standard InChI is InChI=1S/C44H64O5/c1-4-5-6-7-8-9-10-11-12-13-14-15-16-17-18-28-35-47-41-40(49-43(46-3)42(41)45-2)36-48-44(37-29-22-19-23-30-37,38-31-24-20-25-32-38)39-33-26-21-27-34-39/h19-27,29-34,40-43H,4-18,28,35-36H2,1-3H3/t40-,41+,42-,43+/m1/s1. The Morgan fingerprint density at radius 2 is 0.918 bits per heavy atom. The summed E-state index contributed by atoms with van der Waals surface area (Å²) in [7, 11) is 3.37.